The van der Waals surface area contributed by atoms with E-state index in [0.29, 0.717) is 0 Å². The van der Waals surface area contributed by atoms with Gasteiger partial charge in [-0.15, -0.1) is 0 Å². The summed E-state index contributed by atoms with van der Waals surface area (Å²) in [4.78, 5) is -0.257. The van der Waals surface area contributed by atoms with Gasteiger partial charge >= 0.3 is 29.6 Å². The molecule has 0 unspecified atom stereocenters. The van der Waals surface area contributed by atoms with Gasteiger partial charge in [0.05, 0.1) is 5.69 Å². The van der Waals surface area contributed by atoms with Gasteiger partial charge < -0.3 is 11.1 Å². The molecule has 0 spiro atoms. The normalized spacial score (nSPS) is 10.2. The summed E-state index contributed by atoms with van der Waals surface area (Å²) >= 11 is 4.55. The molecule has 0 aromatic heterocycles. The van der Waals surface area contributed by atoms with Crippen LogP contribution in [0.1, 0.15) is 0 Å². The number of hydrogen-bond donors (Lipinski definition) is 3. The van der Waals surface area contributed by atoms with Crippen LogP contribution in [0.25, 0.3) is 0 Å². The summed E-state index contributed by atoms with van der Waals surface area (Å²) in [7, 11) is -4.26. The summed E-state index contributed by atoms with van der Waals surface area (Å²) in [6.45, 7) is 0. The van der Waals surface area contributed by atoms with Gasteiger partial charge in [0.1, 0.15) is 4.90 Å². The van der Waals surface area contributed by atoms with E-state index in [9.17, 15) is 8.42 Å². The van der Waals surface area contributed by atoms with E-state index in [1.807, 2.05) is 0 Å². The van der Waals surface area contributed by atoms with Gasteiger partial charge in [-0.25, -0.2) is 0 Å². The fourth-order valence-electron chi connectivity index (χ4n) is 0.928. The van der Waals surface area contributed by atoms with Crippen molar-refractivity contribution in [1.82, 2.24) is 0 Å². The molecule has 0 fully saturated rings. The molecule has 5 nitrogen and oxygen atoms in total. The summed E-state index contributed by atoms with van der Waals surface area (Å²) in [5.41, 5.74) is 5.34. The van der Waals surface area contributed by atoms with Crippen LogP contribution < -0.4 is 11.1 Å². The van der Waals surface area contributed by atoms with Gasteiger partial charge in [0.2, 0.25) is 0 Å². The van der Waals surface area contributed by atoms with Crippen LogP contribution in [0.4, 0.5) is 5.69 Å². The topological polar surface area (TPSA) is 92.4 Å². The second kappa shape index (κ2) is 5.78. The molecule has 0 aliphatic carbocycles. The Labute approximate surface area is 115 Å². The van der Waals surface area contributed by atoms with Crippen LogP contribution in [0, 0.1) is 0 Å². The molecule has 0 bridgehead atoms. The Kier molecular flexibility index (Phi) is 5.71. The summed E-state index contributed by atoms with van der Waals surface area (Å²) in [5.74, 6) is 0. The predicted molar refractivity (Wildman–Crippen MR) is 63.8 cm³/mol. The maximum atomic E-state index is 10.9. The Balaban J connectivity index is 0.00000196. The fourth-order valence-corrected chi connectivity index (χ4v) is 1.69. The number of thiocarbonyl (C=S) groups is 1. The molecule has 0 aliphatic heterocycles. The number of rotatable bonds is 2. The van der Waals surface area contributed by atoms with Crippen LogP contribution in [0.3, 0.4) is 0 Å². The molecule has 1 aromatic rings. The first-order chi connectivity index (χ1) is 6.41. The summed E-state index contributed by atoms with van der Waals surface area (Å²) < 4.78 is 30.6. The van der Waals surface area contributed by atoms with Gasteiger partial charge in [0.25, 0.3) is 10.1 Å². The molecule has 0 heterocycles. The van der Waals surface area contributed by atoms with Crippen LogP contribution in [-0.2, 0) is 10.1 Å². The molecule has 8 heteroatoms. The molecule has 0 radical (unpaired) electrons. The van der Waals surface area contributed by atoms with Gasteiger partial charge in [-0.05, 0) is 24.4 Å². The first kappa shape index (κ1) is 14.8. The molecule has 78 valence electrons. The van der Waals surface area contributed by atoms with Crippen molar-refractivity contribution >= 4 is 62.7 Å². The molecule has 15 heavy (non-hydrogen) atoms. The van der Waals surface area contributed by atoms with Crippen molar-refractivity contribution in [3.8, 4) is 0 Å². The van der Waals surface area contributed by atoms with Crippen molar-refractivity contribution in [3.63, 3.8) is 0 Å². The average molecular weight is 256 g/mol. The Morgan fingerprint density at radius 2 is 1.93 bits per heavy atom. The van der Waals surface area contributed by atoms with E-state index in [-0.39, 0.29) is 45.3 Å². The number of nitrogens with two attached hydrogens (primary N) is 1. The third kappa shape index (κ3) is 4.45. The van der Waals surface area contributed by atoms with Crippen molar-refractivity contribution in [2.45, 2.75) is 4.90 Å². The SMILES string of the molecule is NC(=S)Nc1ccccc1S(=O)(=O)O.[NaH]. The Bertz CT molecular complexity index is 461. The van der Waals surface area contributed by atoms with Crippen LogP contribution in [-0.4, -0.2) is 47.6 Å². The van der Waals surface area contributed by atoms with E-state index >= 15 is 0 Å². The van der Waals surface area contributed by atoms with Gasteiger partial charge in [0.15, 0.2) is 5.11 Å². The van der Waals surface area contributed by atoms with E-state index in [2.05, 4.69) is 17.5 Å². The third-order valence-corrected chi connectivity index (χ3v) is 2.44. The number of nitrogens with one attached hydrogen (secondary N) is 1. The van der Waals surface area contributed by atoms with Crippen LogP contribution in [0.5, 0.6) is 0 Å². The predicted octanol–water partition coefficient (Wildman–Crippen LogP) is -0.0597. The van der Waals surface area contributed by atoms with Crippen molar-refractivity contribution in [3.05, 3.63) is 24.3 Å². The van der Waals surface area contributed by atoms with Crippen molar-refractivity contribution < 1.29 is 13.0 Å². The molecule has 0 saturated carbocycles. The summed E-state index contributed by atoms with van der Waals surface area (Å²) in [5, 5.41) is 2.38. The average Bonchev–Trinajstić information content (AvgIpc) is 2.01. The monoisotopic (exact) mass is 256 g/mol. The van der Waals surface area contributed by atoms with Gasteiger partial charge in [-0.1, -0.05) is 12.1 Å². The molecule has 0 saturated heterocycles. The Morgan fingerprint density at radius 1 is 1.40 bits per heavy atom. The van der Waals surface area contributed by atoms with E-state index in [1.165, 1.54) is 18.2 Å². The molecule has 1 rings (SSSR count). The molecule has 0 aliphatic rings. The number of para-hydroxylation sites is 1. The zero-order chi connectivity index (χ0) is 10.8. The second-order valence-electron chi connectivity index (χ2n) is 2.46. The molecule has 0 atom stereocenters. The van der Waals surface area contributed by atoms with Gasteiger partial charge in [-0.2, -0.15) is 8.42 Å². The number of hydrogen-bond acceptors (Lipinski definition) is 3. The first-order valence-electron chi connectivity index (χ1n) is 3.54. The summed E-state index contributed by atoms with van der Waals surface area (Å²) in [6.07, 6.45) is 0. The zero-order valence-corrected chi connectivity index (χ0v) is 8.60. The molecular weight excluding hydrogens is 247 g/mol. The summed E-state index contributed by atoms with van der Waals surface area (Å²) in [6, 6.07) is 5.77. The molecular formula is C7H9N2NaO3S2. The minimum absolute atomic E-state index is 0. The third-order valence-electron chi connectivity index (χ3n) is 1.42. The van der Waals surface area contributed by atoms with E-state index in [1.54, 1.807) is 6.07 Å². The quantitative estimate of drug-likeness (QED) is 0.390. The van der Waals surface area contributed by atoms with Gasteiger partial charge in [-0.3, -0.25) is 4.55 Å². The van der Waals surface area contributed by atoms with Gasteiger partial charge in [0, 0.05) is 0 Å². The van der Waals surface area contributed by atoms with Crippen molar-refractivity contribution in [2.75, 3.05) is 5.32 Å². The van der Waals surface area contributed by atoms with Crippen LogP contribution >= 0.6 is 12.2 Å². The fraction of sp³-hybridized carbons (Fsp3) is 0. The Hall–Kier alpha value is -0.180. The van der Waals surface area contributed by atoms with Crippen LogP contribution in [0.15, 0.2) is 29.2 Å². The van der Waals surface area contributed by atoms with E-state index in [4.69, 9.17) is 10.3 Å². The number of benzene rings is 1. The standard InChI is InChI=1S/C7H8N2O3S2.Na.H/c8-7(13)9-5-3-1-2-4-6(5)14(10,11)12;;/h1-4H,(H3,8,9,13)(H,10,11,12);;. The Morgan fingerprint density at radius 3 is 2.40 bits per heavy atom. The second-order valence-corrected chi connectivity index (χ2v) is 4.29. The number of anilines is 1. The van der Waals surface area contributed by atoms with E-state index < -0.39 is 10.1 Å². The van der Waals surface area contributed by atoms with Crippen LogP contribution in [0.2, 0.25) is 0 Å². The maximum absolute atomic E-state index is 10.9. The zero-order valence-electron chi connectivity index (χ0n) is 6.97. The molecule has 4 N–H and O–H groups in total. The van der Waals surface area contributed by atoms with E-state index in [0.717, 1.165) is 0 Å². The molecule has 1 aromatic carbocycles. The molecule has 0 amide bonds. The van der Waals surface area contributed by atoms with Crippen molar-refractivity contribution in [1.29, 1.82) is 0 Å². The minimum atomic E-state index is -4.26. The van der Waals surface area contributed by atoms with Crippen molar-refractivity contribution in [2.24, 2.45) is 5.73 Å². The first-order valence-corrected chi connectivity index (χ1v) is 5.39.